The average Bonchev–Trinajstić information content (AvgIpc) is 2.18. The minimum Gasteiger partial charge on any atom is -0.444 e. The molecule has 1 rings (SSSR count). The molecule has 1 atom stereocenters. The number of piperazine rings is 1. The number of amides is 1. The summed E-state index contributed by atoms with van der Waals surface area (Å²) in [5.74, 6) is 0. The summed E-state index contributed by atoms with van der Waals surface area (Å²) in [6.07, 6.45) is -0.203. The van der Waals surface area contributed by atoms with Gasteiger partial charge >= 0.3 is 6.09 Å². The molecular formula is C11H22N2O3. The predicted molar refractivity (Wildman–Crippen MR) is 62.4 cm³/mol. The summed E-state index contributed by atoms with van der Waals surface area (Å²) in [7, 11) is 0. The Morgan fingerprint density at radius 2 is 2.00 bits per heavy atom. The van der Waals surface area contributed by atoms with Crippen LogP contribution in [-0.4, -0.2) is 49.1 Å². The number of ether oxygens (including phenoxy) is 1. The molecule has 0 aromatic carbocycles. The normalized spacial score (nSPS) is 20.8. The Bertz CT molecular complexity index is 226. The first-order valence-electron chi connectivity index (χ1n) is 5.38. The van der Waals surface area contributed by atoms with E-state index in [1.54, 1.807) is 4.90 Å². The first-order chi connectivity index (χ1) is 7.38. The van der Waals surface area contributed by atoms with E-state index in [1.165, 1.54) is 0 Å². The third-order valence-electron chi connectivity index (χ3n) is 2.02. The monoisotopic (exact) mass is 230 g/mol. The van der Waals surface area contributed by atoms with Crippen LogP contribution in [0.25, 0.3) is 0 Å². The van der Waals surface area contributed by atoms with Crippen molar-refractivity contribution in [3.05, 3.63) is 0 Å². The molecule has 0 saturated carbocycles. The lowest BCUT2D eigenvalue weighted by atomic mass is 10.2. The van der Waals surface area contributed by atoms with Gasteiger partial charge in [-0.25, -0.2) is 4.79 Å². The van der Waals surface area contributed by atoms with Crippen LogP contribution in [0.15, 0.2) is 0 Å². The first-order valence-corrected chi connectivity index (χ1v) is 5.38. The highest BCUT2D eigenvalue weighted by atomic mass is 16.6. The Morgan fingerprint density at radius 1 is 1.44 bits per heavy atom. The summed E-state index contributed by atoms with van der Waals surface area (Å²) >= 11 is 0. The second-order valence-electron chi connectivity index (χ2n) is 4.78. The standard InChI is InChI=1S/C10H20N2O2.CH2O/c1-8-7-12(6-5-11-8)9(13)14-10(2,3)4;1-2/h8,11H,5-7H2,1-4H3;1H2. The number of nitrogens with one attached hydrogen (secondary N) is 1. The van der Waals surface area contributed by atoms with Crippen molar-refractivity contribution in [3.63, 3.8) is 0 Å². The quantitative estimate of drug-likeness (QED) is 0.675. The minimum atomic E-state index is -0.398. The van der Waals surface area contributed by atoms with Crippen LogP contribution in [0.1, 0.15) is 27.7 Å². The van der Waals surface area contributed by atoms with Crippen molar-refractivity contribution in [2.45, 2.75) is 39.3 Å². The fourth-order valence-corrected chi connectivity index (χ4v) is 1.42. The molecule has 1 saturated heterocycles. The molecule has 0 aromatic rings. The Morgan fingerprint density at radius 3 is 2.44 bits per heavy atom. The smallest absolute Gasteiger partial charge is 0.410 e. The molecule has 1 amide bonds. The molecule has 1 aliphatic heterocycles. The predicted octanol–water partition coefficient (Wildman–Crippen LogP) is 1.03. The van der Waals surface area contributed by atoms with Gasteiger partial charge in [0, 0.05) is 25.7 Å². The molecule has 1 aliphatic rings. The number of hydrogen-bond donors (Lipinski definition) is 1. The number of hydrogen-bond acceptors (Lipinski definition) is 4. The number of rotatable bonds is 0. The molecule has 0 radical (unpaired) electrons. The van der Waals surface area contributed by atoms with Crippen LogP contribution < -0.4 is 5.32 Å². The van der Waals surface area contributed by atoms with Gasteiger partial charge in [0.25, 0.3) is 0 Å². The highest BCUT2D eigenvalue weighted by molar-refractivity contribution is 5.68. The summed E-state index contributed by atoms with van der Waals surface area (Å²) in [5.41, 5.74) is -0.398. The van der Waals surface area contributed by atoms with Gasteiger partial charge in [-0.3, -0.25) is 0 Å². The maximum absolute atomic E-state index is 11.6. The van der Waals surface area contributed by atoms with E-state index in [2.05, 4.69) is 12.2 Å². The van der Waals surface area contributed by atoms with Gasteiger partial charge in [0.2, 0.25) is 0 Å². The van der Waals surface area contributed by atoms with Crippen LogP contribution in [0.2, 0.25) is 0 Å². The second-order valence-corrected chi connectivity index (χ2v) is 4.78. The van der Waals surface area contributed by atoms with E-state index in [4.69, 9.17) is 9.53 Å². The molecule has 1 fully saturated rings. The summed E-state index contributed by atoms with van der Waals surface area (Å²) < 4.78 is 5.28. The van der Waals surface area contributed by atoms with Gasteiger partial charge in [-0.2, -0.15) is 0 Å². The number of carbonyl (C=O) groups is 2. The summed E-state index contributed by atoms with van der Waals surface area (Å²) in [6, 6.07) is 0.358. The molecule has 0 bridgehead atoms. The van der Waals surface area contributed by atoms with Crippen LogP contribution >= 0.6 is 0 Å². The fourth-order valence-electron chi connectivity index (χ4n) is 1.42. The van der Waals surface area contributed by atoms with Crippen LogP contribution in [0.5, 0.6) is 0 Å². The Balaban J connectivity index is 0.00000106. The third-order valence-corrected chi connectivity index (χ3v) is 2.02. The zero-order chi connectivity index (χ0) is 12.8. The number of carbonyl (C=O) groups excluding carboxylic acids is 2. The van der Waals surface area contributed by atoms with Crippen LogP contribution in [0.4, 0.5) is 4.79 Å². The average molecular weight is 230 g/mol. The van der Waals surface area contributed by atoms with E-state index in [9.17, 15) is 4.79 Å². The second kappa shape index (κ2) is 6.48. The maximum Gasteiger partial charge on any atom is 0.410 e. The van der Waals surface area contributed by atoms with Crippen molar-refractivity contribution in [2.75, 3.05) is 19.6 Å². The van der Waals surface area contributed by atoms with E-state index in [1.807, 2.05) is 27.6 Å². The van der Waals surface area contributed by atoms with Crippen LogP contribution in [0.3, 0.4) is 0 Å². The summed E-state index contributed by atoms with van der Waals surface area (Å²) in [6.45, 7) is 12.0. The van der Waals surface area contributed by atoms with E-state index >= 15 is 0 Å². The van der Waals surface area contributed by atoms with Gasteiger partial charge in [0.05, 0.1) is 0 Å². The molecule has 5 heteroatoms. The van der Waals surface area contributed by atoms with Crippen molar-refractivity contribution in [3.8, 4) is 0 Å². The lowest BCUT2D eigenvalue weighted by Crippen LogP contribution is -2.52. The molecule has 5 nitrogen and oxygen atoms in total. The summed E-state index contributed by atoms with van der Waals surface area (Å²) in [4.78, 5) is 21.4. The van der Waals surface area contributed by atoms with Gasteiger partial charge in [0.1, 0.15) is 12.4 Å². The van der Waals surface area contributed by atoms with E-state index in [0.717, 1.165) is 19.6 Å². The van der Waals surface area contributed by atoms with Crippen molar-refractivity contribution >= 4 is 12.9 Å². The van der Waals surface area contributed by atoms with Crippen molar-refractivity contribution in [2.24, 2.45) is 0 Å². The van der Waals surface area contributed by atoms with Gasteiger partial charge in [-0.1, -0.05) is 0 Å². The Labute approximate surface area is 97.1 Å². The van der Waals surface area contributed by atoms with E-state index in [0.29, 0.717) is 6.04 Å². The van der Waals surface area contributed by atoms with Gasteiger partial charge in [-0.15, -0.1) is 0 Å². The van der Waals surface area contributed by atoms with Crippen molar-refractivity contribution in [1.29, 1.82) is 0 Å². The van der Waals surface area contributed by atoms with Gasteiger partial charge in [0.15, 0.2) is 0 Å². The maximum atomic E-state index is 11.6. The zero-order valence-corrected chi connectivity index (χ0v) is 10.6. The molecule has 1 N–H and O–H groups in total. The Kier molecular flexibility index (Phi) is 6.03. The molecule has 0 spiro atoms. The van der Waals surface area contributed by atoms with Gasteiger partial charge in [-0.05, 0) is 27.7 Å². The van der Waals surface area contributed by atoms with Gasteiger partial charge < -0.3 is 19.7 Å². The fraction of sp³-hybridized carbons (Fsp3) is 0.818. The van der Waals surface area contributed by atoms with Crippen LogP contribution in [-0.2, 0) is 9.53 Å². The third kappa shape index (κ3) is 5.70. The Hall–Kier alpha value is -1.10. The number of nitrogens with zero attached hydrogens (tertiary/aromatic N) is 1. The molecule has 16 heavy (non-hydrogen) atoms. The lowest BCUT2D eigenvalue weighted by molar-refractivity contribution is -0.0980. The molecular weight excluding hydrogens is 208 g/mol. The minimum absolute atomic E-state index is 0.203. The lowest BCUT2D eigenvalue weighted by Gasteiger charge is -2.33. The van der Waals surface area contributed by atoms with Crippen LogP contribution in [0, 0.1) is 0 Å². The first kappa shape index (κ1) is 14.9. The largest absolute Gasteiger partial charge is 0.444 e. The van der Waals surface area contributed by atoms with E-state index in [-0.39, 0.29) is 6.09 Å². The summed E-state index contributed by atoms with van der Waals surface area (Å²) in [5, 5.41) is 3.28. The topological polar surface area (TPSA) is 58.6 Å². The molecule has 1 heterocycles. The molecule has 1 unspecified atom stereocenters. The van der Waals surface area contributed by atoms with Crippen molar-refractivity contribution in [1.82, 2.24) is 10.2 Å². The van der Waals surface area contributed by atoms with Crippen molar-refractivity contribution < 1.29 is 14.3 Å². The molecule has 94 valence electrons. The zero-order valence-electron chi connectivity index (χ0n) is 10.6. The SMILES string of the molecule is C=O.CC1CN(C(=O)OC(C)(C)C)CCN1. The highest BCUT2D eigenvalue weighted by Gasteiger charge is 2.25. The molecule has 0 aromatic heterocycles. The highest BCUT2D eigenvalue weighted by Crippen LogP contribution is 2.11. The van der Waals surface area contributed by atoms with E-state index < -0.39 is 5.60 Å². The molecule has 0 aliphatic carbocycles.